The molecule has 0 saturated carbocycles. The summed E-state index contributed by atoms with van der Waals surface area (Å²) in [7, 11) is 0. The number of hydrogen-bond donors (Lipinski definition) is 2. The molecule has 2 N–H and O–H groups in total. The Hall–Kier alpha value is -2.25. The Bertz CT molecular complexity index is 729. The van der Waals surface area contributed by atoms with Crippen molar-refractivity contribution < 1.29 is 34.1 Å². The van der Waals surface area contributed by atoms with E-state index in [1.54, 1.807) is 26.8 Å². The fourth-order valence-corrected chi connectivity index (χ4v) is 3.21. The molecule has 27 heavy (non-hydrogen) atoms. The van der Waals surface area contributed by atoms with E-state index in [0.29, 0.717) is 11.1 Å². The first-order valence-electron chi connectivity index (χ1n) is 8.83. The SMILES string of the molecule is C=C1C(=O)O[C@H]2/C=C(/C)C(=O)C[C@H](O)[C@@](C)(O)C[C@@H](OC(=O)/C(C)=C\C)[C@@H]12. The summed E-state index contributed by atoms with van der Waals surface area (Å²) in [6.07, 6.45) is -0.591. The van der Waals surface area contributed by atoms with Gasteiger partial charge in [0.25, 0.3) is 0 Å². The van der Waals surface area contributed by atoms with Crippen LogP contribution in [0.4, 0.5) is 0 Å². The molecule has 1 aliphatic carbocycles. The number of rotatable bonds is 2. The lowest BCUT2D eigenvalue weighted by Crippen LogP contribution is -2.47. The van der Waals surface area contributed by atoms with Crippen molar-refractivity contribution in [1.29, 1.82) is 0 Å². The van der Waals surface area contributed by atoms with Gasteiger partial charge in [-0.25, -0.2) is 9.59 Å². The van der Waals surface area contributed by atoms with Crippen LogP contribution >= 0.6 is 0 Å². The molecule has 5 atom stereocenters. The second-order valence-corrected chi connectivity index (χ2v) is 7.39. The third-order valence-electron chi connectivity index (χ3n) is 5.24. The minimum atomic E-state index is -1.72. The first-order chi connectivity index (χ1) is 12.5. The predicted octanol–water partition coefficient (Wildman–Crippen LogP) is 1.38. The highest BCUT2D eigenvalue weighted by Gasteiger charge is 2.48. The smallest absolute Gasteiger partial charge is 0.334 e. The summed E-state index contributed by atoms with van der Waals surface area (Å²) in [4.78, 5) is 36.7. The van der Waals surface area contributed by atoms with Gasteiger partial charge in [-0.05, 0) is 39.3 Å². The van der Waals surface area contributed by atoms with Crippen LogP contribution < -0.4 is 0 Å². The molecule has 0 aromatic heterocycles. The first-order valence-corrected chi connectivity index (χ1v) is 8.83. The lowest BCUT2D eigenvalue weighted by molar-refractivity contribution is -0.156. The van der Waals surface area contributed by atoms with E-state index in [2.05, 4.69) is 6.58 Å². The molecule has 0 aromatic carbocycles. The minimum absolute atomic E-state index is 0.0956. The van der Waals surface area contributed by atoms with Crippen molar-refractivity contribution in [3.8, 4) is 0 Å². The van der Waals surface area contributed by atoms with Gasteiger partial charge in [-0.1, -0.05) is 12.7 Å². The number of esters is 2. The predicted molar refractivity (Wildman–Crippen MR) is 96.4 cm³/mol. The number of carbonyl (C=O) groups excluding carboxylic acids is 3. The largest absolute Gasteiger partial charge is 0.458 e. The van der Waals surface area contributed by atoms with Gasteiger partial charge in [0.1, 0.15) is 12.2 Å². The van der Waals surface area contributed by atoms with E-state index >= 15 is 0 Å². The van der Waals surface area contributed by atoms with Gasteiger partial charge in [0, 0.05) is 24.0 Å². The minimum Gasteiger partial charge on any atom is -0.458 e. The average Bonchev–Trinajstić information content (AvgIpc) is 2.86. The fourth-order valence-electron chi connectivity index (χ4n) is 3.21. The van der Waals surface area contributed by atoms with Crippen molar-refractivity contribution in [2.45, 2.75) is 64.4 Å². The van der Waals surface area contributed by atoms with E-state index in [0.717, 1.165) is 0 Å². The van der Waals surface area contributed by atoms with Crippen molar-refractivity contribution in [3.63, 3.8) is 0 Å². The van der Waals surface area contributed by atoms with Gasteiger partial charge < -0.3 is 19.7 Å². The zero-order valence-corrected chi connectivity index (χ0v) is 16.0. The van der Waals surface area contributed by atoms with Crippen molar-refractivity contribution in [3.05, 3.63) is 35.5 Å². The fraction of sp³-hybridized carbons (Fsp3) is 0.550. The quantitative estimate of drug-likeness (QED) is 0.552. The summed E-state index contributed by atoms with van der Waals surface area (Å²) >= 11 is 0. The molecular weight excluding hydrogens is 352 g/mol. The molecule has 0 bridgehead atoms. The monoisotopic (exact) mass is 378 g/mol. The van der Waals surface area contributed by atoms with Gasteiger partial charge in [0.2, 0.25) is 0 Å². The van der Waals surface area contributed by atoms with Crippen molar-refractivity contribution in [2.75, 3.05) is 0 Å². The molecule has 1 aliphatic heterocycles. The Kier molecular flexibility index (Phi) is 6.07. The second-order valence-electron chi connectivity index (χ2n) is 7.39. The van der Waals surface area contributed by atoms with E-state index < -0.39 is 41.8 Å². The van der Waals surface area contributed by atoms with Crippen LogP contribution in [-0.2, 0) is 23.9 Å². The second kappa shape index (κ2) is 7.78. The number of hydrogen-bond acceptors (Lipinski definition) is 7. The molecule has 1 heterocycles. The number of carbonyl (C=O) groups is 3. The summed E-state index contributed by atoms with van der Waals surface area (Å²) in [6, 6.07) is 0. The van der Waals surface area contributed by atoms with Crippen LogP contribution in [0.15, 0.2) is 35.5 Å². The number of ketones is 1. The lowest BCUT2D eigenvalue weighted by Gasteiger charge is -2.36. The number of allylic oxidation sites excluding steroid dienone is 2. The highest BCUT2D eigenvalue weighted by molar-refractivity contribution is 5.96. The van der Waals surface area contributed by atoms with Gasteiger partial charge in [-0.3, -0.25) is 4.79 Å². The number of aliphatic hydroxyl groups is 2. The topological polar surface area (TPSA) is 110 Å². The molecule has 0 unspecified atom stereocenters. The Balaban J connectivity index is 2.52. The van der Waals surface area contributed by atoms with Crippen LogP contribution in [0.3, 0.4) is 0 Å². The van der Waals surface area contributed by atoms with Crippen molar-refractivity contribution >= 4 is 17.7 Å². The van der Waals surface area contributed by atoms with Crippen LogP contribution in [0.5, 0.6) is 0 Å². The molecule has 2 aliphatic rings. The summed E-state index contributed by atoms with van der Waals surface area (Å²) in [5.41, 5.74) is -0.975. The summed E-state index contributed by atoms with van der Waals surface area (Å²) in [6.45, 7) is 9.92. The molecule has 1 fully saturated rings. The van der Waals surface area contributed by atoms with Crippen LogP contribution in [0.2, 0.25) is 0 Å². The highest BCUT2D eigenvalue weighted by Crippen LogP contribution is 2.38. The van der Waals surface area contributed by atoms with Crippen LogP contribution in [0.1, 0.15) is 40.5 Å². The summed E-state index contributed by atoms with van der Waals surface area (Å²) in [5, 5.41) is 21.1. The molecule has 0 aromatic rings. The van der Waals surface area contributed by atoms with Crippen molar-refractivity contribution in [1.82, 2.24) is 0 Å². The molecule has 0 radical (unpaired) electrons. The van der Waals surface area contributed by atoms with E-state index in [4.69, 9.17) is 9.47 Å². The lowest BCUT2D eigenvalue weighted by atomic mass is 9.79. The van der Waals surface area contributed by atoms with E-state index in [9.17, 15) is 24.6 Å². The summed E-state index contributed by atoms with van der Waals surface area (Å²) in [5.74, 6) is -2.39. The zero-order valence-electron chi connectivity index (χ0n) is 16.0. The van der Waals surface area contributed by atoms with Gasteiger partial charge in [0.05, 0.1) is 17.6 Å². The summed E-state index contributed by atoms with van der Waals surface area (Å²) < 4.78 is 10.9. The maximum absolute atomic E-state index is 12.3. The Morgan fingerprint density at radius 3 is 2.67 bits per heavy atom. The van der Waals surface area contributed by atoms with E-state index in [-0.39, 0.29) is 24.2 Å². The van der Waals surface area contributed by atoms with Gasteiger partial charge in [0.15, 0.2) is 5.78 Å². The Morgan fingerprint density at radius 1 is 1.44 bits per heavy atom. The van der Waals surface area contributed by atoms with Crippen LogP contribution in [0, 0.1) is 5.92 Å². The molecule has 2 rings (SSSR count). The molecule has 7 nitrogen and oxygen atoms in total. The number of fused-ring (bicyclic) bond motifs is 1. The van der Waals surface area contributed by atoms with Gasteiger partial charge in [-0.2, -0.15) is 0 Å². The van der Waals surface area contributed by atoms with E-state index in [1.165, 1.54) is 13.0 Å². The third kappa shape index (κ3) is 4.36. The maximum atomic E-state index is 12.3. The van der Waals surface area contributed by atoms with Crippen LogP contribution in [0.25, 0.3) is 0 Å². The van der Waals surface area contributed by atoms with Crippen molar-refractivity contribution in [2.24, 2.45) is 5.92 Å². The third-order valence-corrected chi connectivity index (χ3v) is 5.24. The number of ether oxygens (including phenoxy) is 2. The molecular formula is C20H26O7. The number of Topliss-reactive ketones (excluding diaryl/α,β-unsaturated/α-hetero) is 1. The maximum Gasteiger partial charge on any atom is 0.334 e. The Labute approximate surface area is 158 Å². The zero-order chi connectivity index (χ0) is 20.5. The molecule has 7 heteroatoms. The highest BCUT2D eigenvalue weighted by atomic mass is 16.6. The number of aliphatic hydroxyl groups excluding tert-OH is 1. The molecule has 1 saturated heterocycles. The van der Waals surface area contributed by atoms with Gasteiger partial charge >= 0.3 is 11.9 Å². The molecule has 148 valence electrons. The molecule has 0 amide bonds. The molecule has 0 spiro atoms. The first kappa shape index (κ1) is 21.1. The Morgan fingerprint density at radius 2 is 2.07 bits per heavy atom. The standard InChI is InChI=1S/C20H26O7/c1-6-10(2)18(23)27-15-9-20(5,25)16(22)8-13(21)11(3)7-14-17(15)12(4)19(24)26-14/h6-7,14-17,22,25H,4,8-9H2,1-3,5H3/b10-6-,11-7-/t14-,15+,16-,17-,20-/m0/s1. The van der Waals surface area contributed by atoms with E-state index in [1.807, 2.05) is 0 Å². The normalized spacial score (nSPS) is 37.2. The average molecular weight is 378 g/mol. The van der Waals surface area contributed by atoms with Crippen LogP contribution in [-0.4, -0.2) is 51.8 Å². The van der Waals surface area contributed by atoms with Gasteiger partial charge in [-0.15, -0.1) is 0 Å².